The Morgan fingerprint density at radius 2 is 2.11 bits per heavy atom. The van der Waals surface area contributed by atoms with Crippen molar-refractivity contribution in [2.45, 2.75) is 20.3 Å². The monoisotopic (exact) mass is 257 g/mol. The second-order valence-electron chi connectivity index (χ2n) is 3.99. The summed E-state index contributed by atoms with van der Waals surface area (Å²) in [5.74, 6) is -0.416. The van der Waals surface area contributed by atoms with Gasteiger partial charge in [0.1, 0.15) is 0 Å². The molecule has 0 aliphatic heterocycles. The van der Waals surface area contributed by atoms with E-state index >= 15 is 0 Å². The standard InChI is InChI=1S/C14H15N3O2/c1-3-14(16-19-11(2)18)12-4-6-13(7-5-12)17-9-8-15-10-17/h4-10H,3H2,1-2H3/b16-14+. The van der Waals surface area contributed by atoms with Gasteiger partial charge in [0.05, 0.1) is 12.0 Å². The third-order valence-electron chi connectivity index (χ3n) is 2.62. The minimum absolute atomic E-state index is 0.416. The zero-order valence-electron chi connectivity index (χ0n) is 10.9. The molecule has 0 saturated heterocycles. The molecule has 0 aliphatic carbocycles. The van der Waals surface area contributed by atoms with Crippen LogP contribution in [0.4, 0.5) is 0 Å². The van der Waals surface area contributed by atoms with E-state index in [4.69, 9.17) is 0 Å². The Morgan fingerprint density at radius 1 is 1.37 bits per heavy atom. The van der Waals surface area contributed by atoms with Gasteiger partial charge in [0, 0.05) is 25.0 Å². The van der Waals surface area contributed by atoms with Crippen molar-refractivity contribution in [3.05, 3.63) is 48.5 Å². The number of carbonyl (C=O) groups excluding carboxylic acids is 1. The van der Waals surface area contributed by atoms with Crippen LogP contribution in [0.2, 0.25) is 0 Å². The fourth-order valence-electron chi connectivity index (χ4n) is 1.68. The average Bonchev–Trinajstić information content (AvgIpc) is 2.94. The van der Waals surface area contributed by atoms with Crippen LogP contribution in [0.3, 0.4) is 0 Å². The summed E-state index contributed by atoms with van der Waals surface area (Å²) in [7, 11) is 0. The minimum Gasteiger partial charge on any atom is -0.318 e. The average molecular weight is 257 g/mol. The summed E-state index contributed by atoms with van der Waals surface area (Å²) in [6, 6.07) is 7.83. The molecule has 2 rings (SSSR count). The number of aromatic nitrogens is 2. The number of nitrogens with zero attached hydrogens (tertiary/aromatic N) is 3. The van der Waals surface area contributed by atoms with Gasteiger partial charge in [0.15, 0.2) is 0 Å². The Bertz CT molecular complexity index is 571. The maximum atomic E-state index is 10.8. The molecule has 0 atom stereocenters. The third kappa shape index (κ3) is 3.28. The van der Waals surface area contributed by atoms with Gasteiger partial charge < -0.3 is 9.40 Å². The van der Waals surface area contributed by atoms with Gasteiger partial charge in [0.2, 0.25) is 0 Å². The molecule has 1 heterocycles. The fourth-order valence-corrected chi connectivity index (χ4v) is 1.68. The molecule has 1 aromatic carbocycles. The van der Waals surface area contributed by atoms with Crippen LogP contribution in [0.1, 0.15) is 25.8 Å². The van der Waals surface area contributed by atoms with Gasteiger partial charge in [-0.1, -0.05) is 24.2 Å². The van der Waals surface area contributed by atoms with Crippen LogP contribution in [-0.4, -0.2) is 21.2 Å². The lowest BCUT2D eigenvalue weighted by molar-refractivity contribution is -0.140. The molecule has 19 heavy (non-hydrogen) atoms. The zero-order valence-corrected chi connectivity index (χ0v) is 10.9. The summed E-state index contributed by atoms with van der Waals surface area (Å²) < 4.78 is 1.92. The first-order valence-electron chi connectivity index (χ1n) is 6.04. The lowest BCUT2D eigenvalue weighted by Crippen LogP contribution is -2.03. The molecule has 0 amide bonds. The number of hydrogen-bond donors (Lipinski definition) is 0. The van der Waals surface area contributed by atoms with Gasteiger partial charge >= 0.3 is 5.97 Å². The second kappa shape index (κ2) is 5.95. The number of rotatable bonds is 4. The van der Waals surface area contributed by atoms with Crippen LogP contribution in [0.5, 0.6) is 0 Å². The van der Waals surface area contributed by atoms with Crippen molar-refractivity contribution in [2.24, 2.45) is 5.16 Å². The van der Waals surface area contributed by atoms with E-state index in [1.165, 1.54) is 6.92 Å². The lowest BCUT2D eigenvalue weighted by Gasteiger charge is -2.05. The van der Waals surface area contributed by atoms with E-state index in [2.05, 4.69) is 15.0 Å². The molecule has 0 saturated carbocycles. The first-order valence-corrected chi connectivity index (χ1v) is 6.04. The number of imidazole rings is 1. The molecular formula is C14H15N3O2. The van der Waals surface area contributed by atoms with Crippen LogP contribution < -0.4 is 0 Å². The number of carbonyl (C=O) groups is 1. The Kier molecular flexibility index (Phi) is 4.07. The normalized spacial score (nSPS) is 11.4. The molecule has 5 nitrogen and oxygen atoms in total. The second-order valence-corrected chi connectivity index (χ2v) is 3.99. The summed E-state index contributed by atoms with van der Waals surface area (Å²) >= 11 is 0. The van der Waals surface area contributed by atoms with Crippen molar-refractivity contribution in [1.82, 2.24) is 9.55 Å². The highest BCUT2D eigenvalue weighted by atomic mass is 16.7. The molecule has 0 unspecified atom stereocenters. The zero-order chi connectivity index (χ0) is 13.7. The highest BCUT2D eigenvalue weighted by Gasteiger charge is 2.04. The Hall–Kier alpha value is -2.43. The van der Waals surface area contributed by atoms with E-state index in [0.29, 0.717) is 6.42 Å². The van der Waals surface area contributed by atoms with Gasteiger partial charge in [-0.3, -0.25) is 0 Å². The molecule has 0 spiro atoms. The molecule has 0 fully saturated rings. The van der Waals surface area contributed by atoms with Gasteiger partial charge in [-0.05, 0) is 24.1 Å². The Balaban J connectivity index is 2.21. The summed E-state index contributed by atoms with van der Waals surface area (Å²) in [5, 5.41) is 3.85. The molecular weight excluding hydrogens is 242 g/mol. The number of hydrogen-bond acceptors (Lipinski definition) is 4. The summed E-state index contributed by atoms with van der Waals surface area (Å²) in [5.41, 5.74) is 2.70. The maximum Gasteiger partial charge on any atom is 0.331 e. The van der Waals surface area contributed by atoms with Gasteiger partial charge in [-0.25, -0.2) is 9.78 Å². The van der Waals surface area contributed by atoms with E-state index in [1.54, 1.807) is 12.5 Å². The van der Waals surface area contributed by atoms with Crippen LogP contribution in [0, 0.1) is 0 Å². The summed E-state index contributed by atoms with van der Waals surface area (Å²) in [6.45, 7) is 3.30. The third-order valence-corrected chi connectivity index (χ3v) is 2.62. The predicted octanol–water partition coefficient (Wildman–Crippen LogP) is 2.55. The first-order chi connectivity index (χ1) is 9.20. The predicted molar refractivity (Wildman–Crippen MR) is 72.2 cm³/mol. The molecule has 5 heteroatoms. The lowest BCUT2D eigenvalue weighted by atomic mass is 10.1. The summed E-state index contributed by atoms with van der Waals surface area (Å²) in [6.07, 6.45) is 6.04. The van der Waals surface area contributed by atoms with Crippen LogP contribution >= 0.6 is 0 Å². The molecule has 2 aromatic rings. The summed E-state index contributed by atoms with van der Waals surface area (Å²) in [4.78, 5) is 19.5. The number of oxime groups is 1. The Labute approximate surface area is 111 Å². The smallest absolute Gasteiger partial charge is 0.318 e. The van der Waals surface area contributed by atoms with Crippen LogP contribution in [-0.2, 0) is 9.63 Å². The van der Waals surface area contributed by atoms with Crippen molar-refractivity contribution >= 4 is 11.7 Å². The molecule has 0 N–H and O–H groups in total. The molecule has 0 radical (unpaired) electrons. The van der Waals surface area contributed by atoms with Gasteiger partial charge in [0.25, 0.3) is 0 Å². The van der Waals surface area contributed by atoms with Crippen LogP contribution in [0.15, 0.2) is 48.1 Å². The highest BCUT2D eigenvalue weighted by Crippen LogP contribution is 2.11. The van der Waals surface area contributed by atoms with Crippen molar-refractivity contribution in [1.29, 1.82) is 0 Å². The molecule has 0 bridgehead atoms. The first kappa shape index (κ1) is 13.0. The van der Waals surface area contributed by atoms with Crippen molar-refractivity contribution in [3.8, 4) is 5.69 Å². The maximum absolute atomic E-state index is 10.8. The molecule has 0 aliphatic rings. The van der Waals surface area contributed by atoms with Gasteiger partial charge in [-0.15, -0.1) is 0 Å². The largest absolute Gasteiger partial charge is 0.331 e. The SMILES string of the molecule is CC/C(=N\OC(C)=O)c1ccc(-n2ccnc2)cc1. The minimum atomic E-state index is -0.416. The van der Waals surface area contributed by atoms with Crippen molar-refractivity contribution in [2.75, 3.05) is 0 Å². The molecule has 1 aromatic heterocycles. The Morgan fingerprint density at radius 3 is 2.63 bits per heavy atom. The van der Waals surface area contributed by atoms with Crippen LogP contribution in [0.25, 0.3) is 5.69 Å². The van der Waals surface area contributed by atoms with Crippen molar-refractivity contribution < 1.29 is 9.63 Å². The van der Waals surface area contributed by atoms with Crippen molar-refractivity contribution in [3.63, 3.8) is 0 Å². The molecule has 98 valence electrons. The van der Waals surface area contributed by atoms with E-state index in [0.717, 1.165) is 17.0 Å². The van der Waals surface area contributed by atoms with E-state index < -0.39 is 5.97 Å². The topological polar surface area (TPSA) is 56.5 Å². The van der Waals surface area contributed by atoms with E-state index in [-0.39, 0.29) is 0 Å². The number of benzene rings is 1. The van der Waals surface area contributed by atoms with Gasteiger partial charge in [-0.2, -0.15) is 0 Å². The van der Waals surface area contributed by atoms with E-state index in [1.807, 2.05) is 42.0 Å². The van der Waals surface area contributed by atoms with E-state index in [9.17, 15) is 4.79 Å². The quantitative estimate of drug-likeness (QED) is 0.480. The fraction of sp³-hybridized carbons (Fsp3) is 0.214. The highest BCUT2D eigenvalue weighted by molar-refractivity contribution is 6.00.